The minimum atomic E-state index is -5.40. The zero-order valence-corrected chi connectivity index (χ0v) is 33.5. The Balaban J connectivity index is 1.30. The van der Waals surface area contributed by atoms with Crippen molar-refractivity contribution in [3.05, 3.63) is 100 Å². The molecule has 9 nitrogen and oxygen atoms in total. The van der Waals surface area contributed by atoms with Crippen molar-refractivity contribution >= 4 is 44.0 Å². The van der Waals surface area contributed by atoms with Crippen LogP contribution < -0.4 is 10.1 Å². The smallest absolute Gasteiger partial charge is 0.478 e. The SMILES string of the molecule is COCCOCCCCC(=O)CCCCCOc1cc(NC2CCN(S(=O)(=O)C(F)(F)F)CC2)c2cc(C(c3ccc(C)cc3)c3ccc(Cl)cc3)ccc2n1. The van der Waals surface area contributed by atoms with Gasteiger partial charge >= 0.3 is 15.5 Å². The number of unbranched alkanes of at least 4 members (excludes halogenated alkanes) is 3. The molecule has 304 valence electrons. The van der Waals surface area contributed by atoms with Crippen LogP contribution in [0.5, 0.6) is 5.88 Å². The van der Waals surface area contributed by atoms with Crippen LogP contribution in [-0.4, -0.2) is 81.7 Å². The molecule has 0 saturated carbocycles. The number of halogens is 4. The lowest BCUT2D eigenvalue weighted by Gasteiger charge is -2.32. The summed E-state index contributed by atoms with van der Waals surface area (Å²) in [4.78, 5) is 17.1. The third kappa shape index (κ3) is 12.1. The number of ether oxygens (including phenoxy) is 3. The molecule has 1 fully saturated rings. The number of fused-ring (bicyclic) bond motifs is 1. The highest BCUT2D eigenvalue weighted by atomic mass is 35.5. The van der Waals surface area contributed by atoms with Crippen LogP contribution in [0.3, 0.4) is 0 Å². The molecule has 0 radical (unpaired) electrons. The summed E-state index contributed by atoms with van der Waals surface area (Å²) in [6.07, 6.45) is 5.41. The Hall–Kier alpha value is -3.75. The molecule has 3 aromatic carbocycles. The Morgan fingerprint density at radius 3 is 2.14 bits per heavy atom. The first-order chi connectivity index (χ1) is 26.9. The number of ketones is 1. The molecular weight excluding hydrogens is 767 g/mol. The first-order valence-corrected chi connectivity index (χ1v) is 21.0. The highest BCUT2D eigenvalue weighted by Gasteiger charge is 2.50. The van der Waals surface area contributed by atoms with Crippen LogP contribution in [0, 0.1) is 6.92 Å². The average Bonchev–Trinajstić information content (AvgIpc) is 3.17. The molecule has 1 aliphatic rings. The van der Waals surface area contributed by atoms with Gasteiger partial charge in [0.25, 0.3) is 0 Å². The maximum atomic E-state index is 13.3. The fourth-order valence-corrected chi connectivity index (χ4v) is 7.97. The van der Waals surface area contributed by atoms with E-state index in [0.717, 1.165) is 59.7 Å². The number of aryl methyl sites for hydroxylation is 1. The first kappa shape index (κ1) is 43.4. The molecular formula is C42H51ClF3N3O6S. The van der Waals surface area contributed by atoms with Gasteiger partial charge in [-0.15, -0.1) is 0 Å². The number of hydrogen-bond acceptors (Lipinski definition) is 8. The van der Waals surface area contributed by atoms with Gasteiger partial charge in [0.15, 0.2) is 0 Å². The number of rotatable bonds is 21. The standard InChI is InChI=1S/C42H51ClF3N3O6S/c1-30-10-12-31(13-11-30)41(32-14-17-34(43)18-15-32)33-16-19-38-37(28-33)39(47-35-20-22-49(23-21-35)56(51,52)42(44,45)46)29-40(48-38)55-25-6-3-4-8-36(50)9-5-7-24-54-27-26-53-2/h10-19,28-29,35,41H,3-9,20-27H2,1-2H3,(H,47,48). The predicted octanol–water partition coefficient (Wildman–Crippen LogP) is 9.44. The van der Waals surface area contributed by atoms with E-state index in [2.05, 4.69) is 35.6 Å². The molecule has 0 bridgehead atoms. The molecule has 56 heavy (non-hydrogen) atoms. The Labute approximate surface area is 332 Å². The molecule has 1 saturated heterocycles. The summed E-state index contributed by atoms with van der Waals surface area (Å²) in [7, 11) is -3.77. The number of aromatic nitrogens is 1. The molecule has 1 N–H and O–H groups in total. The number of carbonyl (C=O) groups is 1. The number of sulfonamides is 1. The van der Waals surface area contributed by atoms with Crippen molar-refractivity contribution < 1.29 is 40.6 Å². The van der Waals surface area contributed by atoms with E-state index in [0.29, 0.717) is 65.7 Å². The predicted molar refractivity (Wildman–Crippen MR) is 214 cm³/mol. The number of Topliss-reactive ketones (excluding diaryl/α,β-unsaturated/α-hetero) is 1. The van der Waals surface area contributed by atoms with Crippen molar-refractivity contribution in [1.82, 2.24) is 9.29 Å². The van der Waals surface area contributed by atoms with E-state index in [9.17, 15) is 26.4 Å². The van der Waals surface area contributed by atoms with Gasteiger partial charge in [-0.1, -0.05) is 59.6 Å². The number of nitrogens with zero attached hydrogens (tertiary/aromatic N) is 2. The minimum absolute atomic E-state index is 0.135. The fraction of sp³-hybridized carbons (Fsp3) is 0.476. The summed E-state index contributed by atoms with van der Waals surface area (Å²) in [5.74, 6) is 0.502. The van der Waals surface area contributed by atoms with Crippen LogP contribution in [-0.2, 0) is 24.3 Å². The molecule has 5 rings (SSSR count). The van der Waals surface area contributed by atoms with Crippen molar-refractivity contribution in [2.24, 2.45) is 0 Å². The van der Waals surface area contributed by atoms with Crippen molar-refractivity contribution in [3.63, 3.8) is 0 Å². The molecule has 0 spiro atoms. The zero-order valence-electron chi connectivity index (χ0n) is 32.0. The second-order valence-electron chi connectivity index (χ2n) is 14.2. The molecule has 1 aromatic heterocycles. The number of benzene rings is 3. The van der Waals surface area contributed by atoms with E-state index in [-0.39, 0.29) is 43.7 Å². The van der Waals surface area contributed by atoms with Gasteiger partial charge in [-0.3, -0.25) is 4.79 Å². The monoisotopic (exact) mass is 817 g/mol. The fourth-order valence-electron chi connectivity index (χ4n) is 6.86. The van der Waals surface area contributed by atoms with Crippen LogP contribution in [0.2, 0.25) is 5.02 Å². The lowest BCUT2D eigenvalue weighted by molar-refractivity contribution is -0.119. The summed E-state index contributed by atoms with van der Waals surface area (Å²) in [6.45, 7) is 3.66. The largest absolute Gasteiger partial charge is 0.511 e. The normalized spacial score (nSPS) is 14.9. The van der Waals surface area contributed by atoms with Crippen molar-refractivity contribution in [1.29, 1.82) is 0 Å². The van der Waals surface area contributed by atoms with Crippen molar-refractivity contribution in [3.8, 4) is 5.88 Å². The van der Waals surface area contributed by atoms with Gasteiger partial charge < -0.3 is 19.5 Å². The van der Waals surface area contributed by atoms with Gasteiger partial charge in [0.05, 0.1) is 25.3 Å². The van der Waals surface area contributed by atoms with Gasteiger partial charge in [-0.25, -0.2) is 13.4 Å². The van der Waals surface area contributed by atoms with E-state index >= 15 is 0 Å². The van der Waals surface area contributed by atoms with Gasteiger partial charge in [0.1, 0.15) is 5.78 Å². The van der Waals surface area contributed by atoms with E-state index in [1.807, 2.05) is 43.3 Å². The number of hydrogen-bond donors (Lipinski definition) is 1. The van der Waals surface area contributed by atoms with Crippen LogP contribution in [0.15, 0.2) is 72.8 Å². The number of alkyl halides is 3. The summed E-state index contributed by atoms with van der Waals surface area (Å²) in [5.41, 5.74) is 0.283. The first-order valence-electron chi connectivity index (χ1n) is 19.2. The highest BCUT2D eigenvalue weighted by Crippen LogP contribution is 2.37. The molecule has 1 aliphatic heterocycles. The lowest BCUT2D eigenvalue weighted by atomic mass is 9.84. The molecule has 0 amide bonds. The molecule has 14 heteroatoms. The summed E-state index contributed by atoms with van der Waals surface area (Å²) >= 11 is 6.26. The molecule has 0 aliphatic carbocycles. The number of pyridine rings is 1. The maximum absolute atomic E-state index is 13.3. The number of piperidine rings is 1. The number of anilines is 1. The third-order valence-electron chi connectivity index (χ3n) is 9.98. The number of methoxy groups -OCH3 is 1. The van der Waals surface area contributed by atoms with Crippen LogP contribution in [0.4, 0.5) is 18.9 Å². The Bertz CT molecular complexity index is 1930. The van der Waals surface area contributed by atoms with Crippen molar-refractivity contribution in [2.75, 3.05) is 51.9 Å². The summed E-state index contributed by atoms with van der Waals surface area (Å²) < 4.78 is 81.0. The van der Waals surface area contributed by atoms with Crippen LogP contribution in [0.1, 0.15) is 86.0 Å². The molecule has 4 aromatic rings. The van der Waals surface area contributed by atoms with Crippen LogP contribution >= 0.6 is 11.6 Å². The topological polar surface area (TPSA) is 107 Å². The highest BCUT2D eigenvalue weighted by molar-refractivity contribution is 7.90. The minimum Gasteiger partial charge on any atom is -0.478 e. The Morgan fingerprint density at radius 1 is 0.857 bits per heavy atom. The van der Waals surface area contributed by atoms with Crippen LogP contribution in [0.25, 0.3) is 10.9 Å². The van der Waals surface area contributed by atoms with E-state index in [1.54, 1.807) is 13.2 Å². The van der Waals surface area contributed by atoms with Gasteiger partial charge in [0.2, 0.25) is 5.88 Å². The Kier molecular flexibility index (Phi) is 16.0. The van der Waals surface area contributed by atoms with Crippen molar-refractivity contribution in [2.45, 2.75) is 82.2 Å². The second kappa shape index (κ2) is 20.6. The lowest BCUT2D eigenvalue weighted by Crippen LogP contribution is -2.47. The average molecular weight is 818 g/mol. The molecule has 2 heterocycles. The quantitative estimate of drug-likeness (QED) is 0.0655. The third-order valence-corrected chi connectivity index (χ3v) is 11.9. The zero-order chi connectivity index (χ0) is 40.1. The molecule has 1 unspecified atom stereocenters. The van der Waals surface area contributed by atoms with E-state index in [1.165, 1.54) is 0 Å². The summed E-state index contributed by atoms with van der Waals surface area (Å²) in [6, 6.07) is 23.7. The van der Waals surface area contributed by atoms with Gasteiger partial charge in [-0.2, -0.15) is 17.5 Å². The Morgan fingerprint density at radius 2 is 1.48 bits per heavy atom. The molecule has 1 atom stereocenters. The van der Waals surface area contributed by atoms with E-state index in [4.69, 9.17) is 30.8 Å². The number of nitrogens with one attached hydrogen (secondary N) is 1. The second-order valence-corrected chi connectivity index (χ2v) is 16.6. The maximum Gasteiger partial charge on any atom is 0.511 e. The summed E-state index contributed by atoms with van der Waals surface area (Å²) in [5, 5.41) is 4.93. The van der Waals surface area contributed by atoms with Gasteiger partial charge in [0, 0.05) is 73.8 Å². The van der Waals surface area contributed by atoms with Gasteiger partial charge in [-0.05, 0) is 92.8 Å². The van der Waals surface area contributed by atoms with E-state index < -0.39 is 15.5 Å². The number of carbonyl (C=O) groups excluding carboxylic acids is 1.